The summed E-state index contributed by atoms with van der Waals surface area (Å²) >= 11 is 0. The smallest absolute Gasteiger partial charge is 0.114 e. The average molecular weight is 163 g/mol. The summed E-state index contributed by atoms with van der Waals surface area (Å²) in [6.45, 7) is 4.58. The van der Waals surface area contributed by atoms with Crippen LogP contribution in [0.4, 0.5) is 0 Å². The summed E-state index contributed by atoms with van der Waals surface area (Å²) in [5.41, 5.74) is 2.32. The van der Waals surface area contributed by atoms with E-state index >= 15 is 0 Å². The fourth-order valence-electron chi connectivity index (χ4n) is 0.825. The van der Waals surface area contributed by atoms with Crippen LogP contribution in [0.3, 0.4) is 0 Å². The summed E-state index contributed by atoms with van der Waals surface area (Å²) in [5.74, 6) is 0. The van der Waals surface area contributed by atoms with Crippen LogP contribution in [0.1, 0.15) is 18.1 Å². The summed E-state index contributed by atoms with van der Waals surface area (Å²) < 4.78 is 0. The molecule has 0 fully saturated rings. The molecule has 2 nitrogen and oxygen atoms in total. The molecule has 64 valence electrons. The lowest BCUT2D eigenvalue weighted by atomic mass is 10.2. The van der Waals surface area contributed by atoms with Gasteiger partial charge < -0.3 is 4.84 Å². The predicted molar refractivity (Wildman–Crippen MR) is 50.4 cm³/mol. The van der Waals surface area contributed by atoms with E-state index in [-0.39, 0.29) is 0 Å². The van der Waals surface area contributed by atoms with Crippen molar-refractivity contribution in [3.8, 4) is 0 Å². The van der Waals surface area contributed by atoms with E-state index in [0.29, 0.717) is 6.61 Å². The van der Waals surface area contributed by atoms with Crippen LogP contribution in [0.2, 0.25) is 0 Å². The largest absolute Gasteiger partial charge is 0.396 e. The molecule has 0 unspecified atom stereocenters. The molecule has 0 aliphatic carbocycles. The van der Waals surface area contributed by atoms with Crippen LogP contribution in [0.15, 0.2) is 29.4 Å². The van der Waals surface area contributed by atoms with Gasteiger partial charge in [0.25, 0.3) is 0 Å². The molecule has 0 N–H and O–H groups in total. The van der Waals surface area contributed by atoms with E-state index in [1.54, 1.807) is 6.21 Å². The third-order valence-corrected chi connectivity index (χ3v) is 1.48. The monoisotopic (exact) mass is 163 g/mol. The van der Waals surface area contributed by atoms with Crippen molar-refractivity contribution in [2.75, 3.05) is 6.61 Å². The van der Waals surface area contributed by atoms with Gasteiger partial charge in [0.05, 0.1) is 6.21 Å². The maximum absolute atomic E-state index is 4.84. The van der Waals surface area contributed by atoms with Crippen LogP contribution in [0.5, 0.6) is 0 Å². The van der Waals surface area contributed by atoms with Gasteiger partial charge in [0.2, 0.25) is 0 Å². The first kappa shape index (κ1) is 8.78. The summed E-state index contributed by atoms with van der Waals surface area (Å²) in [6, 6.07) is 8.12. The van der Waals surface area contributed by atoms with E-state index in [2.05, 4.69) is 12.1 Å². The van der Waals surface area contributed by atoms with E-state index in [0.717, 1.165) is 5.56 Å². The van der Waals surface area contributed by atoms with Gasteiger partial charge in [0.1, 0.15) is 6.61 Å². The van der Waals surface area contributed by atoms with Crippen LogP contribution in [0, 0.1) is 6.92 Å². The molecule has 0 radical (unpaired) electrons. The van der Waals surface area contributed by atoms with Gasteiger partial charge in [-0.15, -0.1) is 0 Å². The standard InChI is InChI=1S/C10H13NO/c1-3-12-11-8-10-6-4-9(2)5-7-10/h4-8H,3H2,1-2H3. The van der Waals surface area contributed by atoms with Gasteiger partial charge in [-0.2, -0.15) is 0 Å². The fourth-order valence-corrected chi connectivity index (χ4v) is 0.825. The van der Waals surface area contributed by atoms with Gasteiger partial charge in [-0.05, 0) is 19.4 Å². The Morgan fingerprint density at radius 3 is 2.58 bits per heavy atom. The predicted octanol–water partition coefficient (Wildman–Crippen LogP) is 2.37. The highest BCUT2D eigenvalue weighted by atomic mass is 16.6. The van der Waals surface area contributed by atoms with Gasteiger partial charge in [-0.1, -0.05) is 35.0 Å². The zero-order chi connectivity index (χ0) is 8.81. The summed E-state index contributed by atoms with van der Waals surface area (Å²) in [7, 11) is 0. The molecule has 0 bridgehead atoms. The molecular formula is C10H13NO. The Bertz CT molecular complexity index is 251. The molecule has 0 saturated heterocycles. The van der Waals surface area contributed by atoms with E-state index < -0.39 is 0 Å². The first-order chi connectivity index (χ1) is 5.83. The Morgan fingerprint density at radius 2 is 2.00 bits per heavy atom. The second kappa shape index (κ2) is 4.54. The quantitative estimate of drug-likeness (QED) is 0.495. The average Bonchev–Trinajstić information content (AvgIpc) is 2.09. The van der Waals surface area contributed by atoms with Crippen molar-refractivity contribution < 1.29 is 4.84 Å². The van der Waals surface area contributed by atoms with Gasteiger partial charge in [-0.25, -0.2) is 0 Å². The van der Waals surface area contributed by atoms with Crippen molar-refractivity contribution in [1.82, 2.24) is 0 Å². The van der Waals surface area contributed by atoms with E-state index in [1.165, 1.54) is 5.56 Å². The number of hydrogen-bond donors (Lipinski definition) is 0. The summed E-state index contributed by atoms with van der Waals surface area (Å²) in [6.07, 6.45) is 1.71. The zero-order valence-corrected chi connectivity index (χ0v) is 7.45. The number of aryl methyl sites for hydroxylation is 1. The molecule has 1 aromatic rings. The molecule has 0 heterocycles. The molecule has 0 aliphatic heterocycles. The maximum Gasteiger partial charge on any atom is 0.114 e. The van der Waals surface area contributed by atoms with E-state index in [1.807, 2.05) is 31.2 Å². The van der Waals surface area contributed by atoms with Crippen molar-refractivity contribution in [1.29, 1.82) is 0 Å². The van der Waals surface area contributed by atoms with Crippen molar-refractivity contribution in [2.24, 2.45) is 5.16 Å². The molecule has 0 atom stereocenters. The van der Waals surface area contributed by atoms with Gasteiger partial charge in [0, 0.05) is 0 Å². The van der Waals surface area contributed by atoms with Crippen LogP contribution in [-0.4, -0.2) is 12.8 Å². The SMILES string of the molecule is CCON=Cc1ccc(C)cc1. The Balaban J connectivity index is 2.58. The Labute approximate surface area is 72.9 Å². The van der Waals surface area contributed by atoms with Crippen molar-refractivity contribution in [3.05, 3.63) is 35.4 Å². The highest BCUT2D eigenvalue weighted by molar-refractivity contribution is 5.78. The maximum atomic E-state index is 4.84. The molecule has 2 heteroatoms. The Kier molecular flexibility index (Phi) is 3.33. The second-order valence-corrected chi connectivity index (χ2v) is 2.56. The van der Waals surface area contributed by atoms with Crippen molar-refractivity contribution >= 4 is 6.21 Å². The number of hydrogen-bond acceptors (Lipinski definition) is 2. The minimum absolute atomic E-state index is 0.613. The van der Waals surface area contributed by atoms with Crippen LogP contribution in [-0.2, 0) is 4.84 Å². The molecule has 0 aromatic heterocycles. The van der Waals surface area contributed by atoms with E-state index in [4.69, 9.17) is 4.84 Å². The zero-order valence-electron chi connectivity index (χ0n) is 7.45. The second-order valence-electron chi connectivity index (χ2n) is 2.56. The fraction of sp³-hybridized carbons (Fsp3) is 0.300. The lowest BCUT2D eigenvalue weighted by molar-refractivity contribution is 0.160. The Hall–Kier alpha value is -1.31. The minimum atomic E-state index is 0.613. The van der Waals surface area contributed by atoms with E-state index in [9.17, 15) is 0 Å². The molecule has 1 rings (SSSR count). The highest BCUT2D eigenvalue weighted by Gasteiger charge is 1.86. The third-order valence-electron chi connectivity index (χ3n) is 1.48. The lowest BCUT2D eigenvalue weighted by Crippen LogP contribution is -1.84. The number of oxime groups is 1. The normalized spacial score (nSPS) is 10.5. The topological polar surface area (TPSA) is 21.6 Å². The first-order valence-corrected chi connectivity index (χ1v) is 4.05. The van der Waals surface area contributed by atoms with Crippen LogP contribution < -0.4 is 0 Å². The molecule has 0 amide bonds. The highest BCUT2D eigenvalue weighted by Crippen LogP contribution is 1.99. The number of benzene rings is 1. The molecule has 12 heavy (non-hydrogen) atoms. The molecule has 0 saturated carbocycles. The summed E-state index contributed by atoms with van der Waals surface area (Å²) in [5, 5.41) is 3.76. The molecule has 1 aromatic carbocycles. The molecule has 0 spiro atoms. The third kappa shape index (κ3) is 2.74. The lowest BCUT2D eigenvalue weighted by Gasteiger charge is -1.94. The van der Waals surface area contributed by atoms with Crippen LogP contribution in [0.25, 0.3) is 0 Å². The number of rotatable bonds is 3. The van der Waals surface area contributed by atoms with Crippen LogP contribution >= 0.6 is 0 Å². The van der Waals surface area contributed by atoms with Gasteiger partial charge in [0.15, 0.2) is 0 Å². The first-order valence-electron chi connectivity index (χ1n) is 4.05. The Morgan fingerprint density at radius 1 is 1.33 bits per heavy atom. The minimum Gasteiger partial charge on any atom is -0.396 e. The van der Waals surface area contributed by atoms with Crippen molar-refractivity contribution in [2.45, 2.75) is 13.8 Å². The van der Waals surface area contributed by atoms with Gasteiger partial charge in [-0.3, -0.25) is 0 Å². The van der Waals surface area contributed by atoms with Crippen molar-refractivity contribution in [3.63, 3.8) is 0 Å². The molecular weight excluding hydrogens is 150 g/mol. The van der Waals surface area contributed by atoms with Gasteiger partial charge >= 0.3 is 0 Å². The number of nitrogens with zero attached hydrogens (tertiary/aromatic N) is 1. The summed E-state index contributed by atoms with van der Waals surface area (Å²) in [4.78, 5) is 4.84. The molecule has 0 aliphatic rings.